The van der Waals surface area contributed by atoms with Crippen molar-refractivity contribution in [3.8, 4) is 0 Å². The lowest BCUT2D eigenvalue weighted by Crippen LogP contribution is -2.41. The molecule has 1 amide bonds. The molecule has 1 unspecified atom stereocenters. The van der Waals surface area contributed by atoms with Crippen LogP contribution in [0.5, 0.6) is 0 Å². The molecule has 0 aliphatic heterocycles. The van der Waals surface area contributed by atoms with E-state index in [2.05, 4.69) is 5.32 Å². The van der Waals surface area contributed by atoms with E-state index in [0.717, 1.165) is 6.26 Å². The first-order valence-corrected chi connectivity index (χ1v) is 6.90. The summed E-state index contributed by atoms with van der Waals surface area (Å²) in [4.78, 5) is 11.3. The molecule has 0 aromatic rings. The molecule has 90 valence electrons. The number of hydrogen-bond donors (Lipinski definition) is 2. The molecule has 0 aliphatic rings. The average Bonchev–Trinajstić information content (AvgIpc) is 1.99. The van der Waals surface area contributed by atoms with Gasteiger partial charge in [-0.15, -0.1) is 0 Å². The van der Waals surface area contributed by atoms with Crippen molar-refractivity contribution in [2.45, 2.75) is 26.3 Å². The van der Waals surface area contributed by atoms with E-state index in [1.165, 1.54) is 0 Å². The number of aliphatic hydroxyl groups is 1. The first-order valence-electron chi connectivity index (χ1n) is 4.84. The monoisotopic (exact) mass is 237 g/mol. The van der Waals surface area contributed by atoms with Crippen LogP contribution in [0.3, 0.4) is 0 Å². The standard InChI is InChI=1S/C9H19NO4S/c1-7(2)8(4-5-11)10-9(12)6-15(3,13)14/h7-8,11H,4-6H2,1-3H3,(H,10,12). The molecule has 0 fully saturated rings. The Labute approximate surface area is 90.8 Å². The van der Waals surface area contributed by atoms with Crippen LogP contribution in [0.4, 0.5) is 0 Å². The highest BCUT2D eigenvalue weighted by Gasteiger charge is 2.18. The summed E-state index contributed by atoms with van der Waals surface area (Å²) in [5.74, 6) is -0.841. The van der Waals surface area contributed by atoms with Gasteiger partial charge in [0.15, 0.2) is 9.84 Å². The lowest BCUT2D eigenvalue weighted by molar-refractivity contribution is -0.119. The number of sulfone groups is 1. The van der Waals surface area contributed by atoms with Crippen molar-refractivity contribution < 1.29 is 18.3 Å². The summed E-state index contributed by atoms with van der Waals surface area (Å²) in [6.45, 7) is 3.78. The summed E-state index contributed by atoms with van der Waals surface area (Å²) >= 11 is 0. The maximum Gasteiger partial charge on any atom is 0.235 e. The van der Waals surface area contributed by atoms with Crippen LogP contribution < -0.4 is 5.32 Å². The number of nitrogens with one attached hydrogen (secondary N) is 1. The van der Waals surface area contributed by atoms with Crippen molar-refractivity contribution in [1.29, 1.82) is 0 Å². The summed E-state index contributed by atoms with van der Waals surface area (Å²) in [6.07, 6.45) is 1.45. The summed E-state index contributed by atoms with van der Waals surface area (Å²) in [5.41, 5.74) is 0. The van der Waals surface area contributed by atoms with Gasteiger partial charge in [-0.05, 0) is 12.3 Å². The fourth-order valence-corrected chi connectivity index (χ4v) is 1.76. The predicted molar refractivity (Wildman–Crippen MR) is 58.2 cm³/mol. The van der Waals surface area contributed by atoms with E-state index in [1.54, 1.807) is 0 Å². The van der Waals surface area contributed by atoms with Gasteiger partial charge >= 0.3 is 0 Å². The average molecular weight is 237 g/mol. The molecule has 0 saturated carbocycles. The number of aliphatic hydroxyl groups excluding tert-OH is 1. The summed E-state index contributed by atoms with van der Waals surface area (Å²) in [6, 6.07) is -0.177. The highest BCUT2D eigenvalue weighted by molar-refractivity contribution is 7.91. The molecule has 5 nitrogen and oxygen atoms in total. The van der Waals surface area contributed by atoms with Gasteiger partial charge in [0.05, 0.1) is 0 Å². The Balaban J connectivity index is 4.23. The molecule has 0 heterocycles. The Bertz CT molecular complexity index is 297. The van der Waals surface area contributed by atoms with Crippen LogP contribution in [0.25, 0.3) is 0 Å². The fraction of sp³-hybridized carbons (Fsp3) is 0.889. The van der Waals surface area contributed by atoms with Gasteiger partial charge in [0.25, 0.3) is 0 Å². The predicted octanol–water partition coefficient (Wildman–Crippen LogP) is -0.446. The van der Waals surface area contributed by atoms with Crippen molar-refractivity contribution in [2.75, 3.05) is 18.6 Å². The molecule has 1 atom stereocenters. The van der Waals surface area contributed by atoms with Gasteiger partial charge in [0.2, 0.25) is 5.91 Å². The van der Waals surface area contributed by atoms with Crippen molar-refractivity contribution >= 4 is 15.7 Å². The van der Waals surface area contributed by atoms with E-state index >= 15 is 0 Å². The van der Waals surface area contributed by atoms with Gasteiger partial charge in [-0.2, -0.15) is 0 Å². The molecule has 15 heavy (non-hydrogen) atoms. The molecule has 0 bridgehead atoms. The van der Waals surface area contributed by atoms with E-state index < -0.39 is 21.5 Å². The summed E-state index contributed by atoms with van der Waals surface area (Å²) in [7, 11) is -3.28. The number of hydrogen-bond acceptors (Lipinski definition) is 4. The third-order valence-corrected chi connectivity index (χ3v) is 2.77. The molecule has 0 radical (unpaired) electrons. The first kappa shape index (κ1) is 14.4. The minimum absolute atomic E-state index is 0.0258. The van der Waals surface area contributed by atoms with E-state index in [1.807, 2.05) is 13.8 Å². The molecule has 0 saturated heterocycles. The maximum atomic E-state index is 11.3. The van der Waals surface area contributed by atoms with E-state index in [0.29, 0.717) is 6.42 Å². The second kappa shape index (κ2) is 6.07. The SMILES string of the molecule is CC(C)C(CCO)NC(=O)CS(C)(=O)=O. The topological polar surface area (TPSA) is 83.5 Å². The van der Waals surface area contributed by atoms with E-state index in [4.69, 9.17) is 5.11 Å². The molecule has 0 rings (SSSR count). The molecular formula is C9H19NO4S. The van der Waals surface area contributed by atoms with Crippen LogP contribution in [0.15, 0.2) is 0 Å². The van der Waals surface area contributed by atoms with Gasteiger partial charge in [-0.3, -0.25) is 4.79 Å². The number of rotatable bonds is 6. The quantitative estimate of drug-likeness (QED) is 0.655. The molecule has 0 spiro atoms. The fourth-order valence-electron chi connectivity index (χ4n) is 1.20. The first-order chi connectivity index (χ1) is 6.76. The number of carbonyl (C=O) groups excluding carboxylic acids is 1. The van der Waals surface area contributed by atoms with Crippen molar-refractivity contribution in [1.82, 2.24) is 5.32 Å². The minimum atomic E-state index is -3.28. The van der Waals surface area contributed by atoms with E-state index in [-0.39, 0.29) is 18.6 Å². The van der Waals surface area contributed by atoms with Crippen molar-refractivity contribution in [3.63, 3.8) is 0 Å². The van der Waals surface area contributed by atoms with Gasteiger partial charge < -0.3 is 10.4 Å². The Morgan fingerprint density at radius 3 is 2.27 bits per heavy atom. The zero-order chi connectivity index (χ0) is 12.1. The lowest BCUT2D eigenvalue weighted by atomic mass is 10.0. The zero-order valence-electron chi connectivity index (χ0n) is 9.36. The second-order valence-electron chi connectivity index (χ2n) is 4.00. The molecule has 0 aliphatic carbocycles. The van der Waals surface area contributed by atoms with Crippen LogP contribution in [-0.2, 0) is 14.6 Å². The molecule has 0 aromatic heterocycles. The largest absolute Gasteiger partial charge is 0.396 e. The zero-order valence-corrected chi connectivity index (χ0v) is 10.2. The third kappa shape index (κ3) is 7.33. The van der Waals surface area contributed by atoms with Crippen molar-refractivity contribution in [2.24, 2.45) is 5.92 Å². The summed E-state index contributed by atoms with van der Waals surface area (Å²) < 4.78 is 21.7. The van der Waals surface area contributed by atoms with Crippen LogP contribution >= 0.6 is 0 Å². The normalized spacial score (nSPS) is 13.9. The summed E-state index contributed by atoms with van der Waals surface area (Å²) in [5, 5.41) is 11.4. The van der Waals surface area contributed by atoms with Gasteiger partial charge in [0.1, 0.15) is 5.75 Å². The Hall–Kier alpha value is -0.620. The third-order valence-electron chi connectivity index (χ3n) is 1.98. The highest BCUT2D eigenvalue weighted by Crippen LogP contribution is 2.05. The second-order valence-corrected chi connectivity index (χ2v) is 6.14. The number of amides is 1. The van der Waals surface area contributed by atoms with Crippen LogP contribution in [0.1, 0.15) is 20.3 Å². The van der Waals surface area contributed by atoms with Crippen molar-refractivity contribution in [3.05, 3.63) is 0 Å². The van der Waals surface area contributed by atoms with Gasteiger partial charge in [-0.1, -0.05) is 13.8 Å². The Morgan fingerprint density at radius 1 is 1.40 bits per heavy atom. The molecule has 0 aromatic carbocycles. The van der Waals surface area contributed by atoms with Crippen LogP contribution in [-0.4, -0.2) is 44.1 Å². The molecule has 6 heteroatoms. The number of carbonyl (C=O) groups is 1. The molecule has 2 N–H and O–H groups in total. The smallest absolute Gasteiger partial charge is 0.235 e. The highest BCUT2D eigenvalue weighted by atomic mass is 32.2. The Kier molecular flexibility index (Phi) is 5.82. The van der Waals surface area contributed by atoms with Crippen LogP contribution in [0, 0.1) is 5.92 Å². The Morgan fingerprint density at radius 2 is 1.93 bits per heavy atom. The molecular weight excluding hydrogens is 218 g/mol. The van der Waals surface area contributed by atoms with Crippen LogP contribution in [0.2, 0.25) is 0 Å². The maximum absolute atomic E-state index is 11.3. The van der Waals surface area contributed by atoms with Gasteiger partial charge in [0, 0.05) is 18.9 Å². The van der Waals surface area contributed by atoms with Gasteiger partial charge in [-0.25, -0.2) is 8.42 Å². The van der Waals surface area contributed by atoms with E-state index in [9.17, 15) is 13.2 Å². The lowest BCUT2D eigenvalue weighted by Gasteiger charge is -2.21. The minimum Gasteiger partial charge on any atom is -0.396 e.